The number of nitrogens with one attached hydrogen (secondary N) is 1. The van der Waals surface area contributed by atoms with Gasteiger partial charge in [0.1, 0.15) is 23.7 Å². The molecule has 1 amide bonds. The number of carbonyl (C=O) groups excluding carboxylic acids is 1. The number of carbonyl (C=O) groups is 1. The Morgan fingerprint density at radius 1 is 1.03 bits per heavy atom. The highest BCUT2D eigenvalue weighted by atomic mass is 16.7. The van der Waals surface area contributed by atoms with Crippen LogP contribution >= 0.6 is 0 Å². The third-order valence-corrected chi connectivity index (χ3v) is 4.43. The smallest absolute Gasteiger partial charge is 0.295 e. The van der Waals surface area contributed by atoms with E-state index in [4.69, 9.17) is 14.3 Å². The molecule has 1 heterocycles. The molecule has 0 aliphatic heterocycles. The minimum atomic E-state index is -0.574. The van der Waals surface area contributed by atoms with Crippen molar-refractivity contribution in [3.8, 4) is 11.5 Å². The van der Waals surface area contributed by atoms with Gasteiger partial charge in [0.25, 0.3) is 11.5 Å². The number of methoxy groups -OCH3 is 2. The minimum absolute atomic E-state index is 0.0536. The molecule has 7 heteroatoms. The zero-order valence-corrected chi connectivity index (χ0v) is 16.5. The molecule has 0 bridgehead atoms. The van der Waals surface area contributed by atoms with E-state index in [9.17, 15) is 9.59 Å². The standard InChI is InChI=1S/C22H22N2O5/c1-15-7-4-5-8-16(15)14-29-24-12-6-9-18(22(24)26)21(25)23-19-13-17(27-2)10-11-20(19)28-3/h4-13H,14H2,1-3H3,(H,23,25). The van der Waals surface area contributed by atoms with Gasteiger partial charge in [0.15, 0.2) is 0 Å². The van der Waals surface area contributed by atoms with Crippen molar-refractivity contribution in [3.05, 3.63) is 87.8 Å². The van der Waals surface area contributed by atoms with E-state index < -0.39 is 11.5 Å². The van der Waals surface area contributed by atoms with Gasteiger partial charge in [-0.05, 0) is 42.3 Å². The quantitative estimate of drug-likeness (QED) is 0.666. The molecule has 2 aromatic carbocycles. The highest BCUT2D eigenvalue weighted by molar-refractivity contribution is 6.04. The maximum atomic E-state index is 12.7. The molecule has 0 saturated heterocycles. The SMILES string of the molecule is COc1ccc(OC)c(NC(=O)c2cccn(OCc3ccccc3C)c2=O)c1. The summed E-state index contributed by atoms with van der Waals surface area (Å²) in [5.74, 6) is 0.426. The normalized spacial score (nSPS) is 10.3. The Morgan fingerprint density at radius 3 is 2.55 bits per heavy atom. The van der Waals surface area contributed by atoms with Gasteiger partial charge in [0.2, 0.25) is 0 Å². The lowest BCUT2D eigenvalue weighted by molar-refractivity contribution is 0.0861. The van der Waals surface area contributed by atoms with Gasteiger partial charge in [-0.2, -0.15) is 4.73 Å². The summed E-state index contributed by atoms with van der Waals surface area (Å²) in [7, 11) is 3.02. The molecule has 150 valence electrons. The predicted molar refractivity (Wildman–Crippen MR) is 110 cm³/mol. The Kier molecular flexibility index (Phi) is 6.19. The predicted octanol–water partition coefficient (Wildman–Crippen LogP) is 3.06. The molecule has 3 rings (SSSR count). The lowest BCUT2D eigenvalue weighted by Gasteiger charge is -2.13. The van der Waals surface area contributed by atoms with Crippen LogP contribution in [0.15, 0.2) is 65.6 Å². The topological polar surface area (TPSA) is 78.8 Å². The number of aryl methyl sites for hydroxylation is 1. The molecule has 0 aliphatic carbocycles. The molecule has 0 atom stereocenters. The van der Waals surface area contributed by atoms with Crippen molar-refractivity contribution in [1.82, 2.24) is 4.73 Å². The third kappa shape index (κ3) is 4.57. The Bertz CT molecular complexity index is 1070. The molecule has 29 heavy (non-hydrogen) atoms. The second kappa shape index (κ2) is 8.97. The number of rotatable bonds is 7. The van der Waals surface area contributed by atoms with Gasteiger partial charge in [-0.25, -0.2) is 0 Å². The molecule has 0 spiro atoms. The third-order valence-electron chi connectivity index (χ3n) is 4.43. The van der Waals surface area contributed by atoms with E-state index in [0.29, 0.717) is 17.2 Å². The summed E-state index contributed by atoms with van der Waals surface area (Å²) in [5.41, 5.74) is 1.80. The summed E-state index contributed by atoms with van der Waals surface area (Å²) in [4.78, 5) is 31.0. The zero-order chi connectivity index (χ0) is 20.8. The molecule has 0 unspecified atom stereocenters. The van der Waals surface area contributed by atoms with Crippen LogP contribution in [0.2, 0.25) is 0 Å². The number of hydrogen-bond acceptors (Lipinski definition) is 5. The van der Waals surface area contributed by atoms with E-state index in [-0.39, 0.29) is 12.2 Å². The first kappa shape index (κ1) is 20.0. The van der Waals surface area contributed by atoms with Gasteiger partial charge in [-0.3, -0.25) is 9.59 Å². The highest BCUT2D eigenvalue weighted by Crippen LogP contribution is 2.29. The number of benzene rings is 2. The van der Waals surface area contributed by atoms with E-state index in [1.54, 1.807) is 24.3 Å². The lowest BCUT2D eigenvalue weighted by Crippen LogP contribution is -2.32. The summed E-state index contributed by atoms with van der Waals surface area (Å²) in [6.07, 6.45) is 1.48. The van der Waals surface area contributed by atoms with Crippen LogP contribution in [0.4, 0.5) is 5.69 Å². The summed E-state index contributed by atoms with van der Waals surface area (Å²) in [5, 5.41) is 2.69. The van der Waals surface area contributed by atoms with Gasteiger partial charge in [0, 0.05) is 12.3 Å². The van der Waals surface area contributed by atoms with Gasteiger partial charge in [-0.1, -0.05) is 24.3 Å². The van der Waals surface area contributed by atoms with Gasteiger partial charge >= 0.3 is 0 Å². The molecule has 3 aromatic rings. The van der Waals surface area contributed by atoms with Crippen LogP contribution in [0.25, 0.3) is 0 Å². The Balaban J connectivity index is 1.81. The van der Waals surface area contributed by atoms with Gasteiger partial charge in [-0.15, -0.1) is 0 Å². The van der Waals surface area contributed by atoms with E-state index in [0.717, 1.165) is 15.9 Å². The second-order valence-electron chi connectivity index (χ2n) is 6.27. The maximum Gasteiger partial charge on any atom is 0.295 e. The van der Waals surface area contributed by atoms with Crippen LogP contribution in [0.5, 0.6) is 11.5 Å². The average molecular weight is 394 g/mol. The minimum Gasteiger partial charge on any atom is -0.497 e. The average Bonchev–Trinajstić information content (AvgIpc) is 2.73. The number of aromatic nitrogens is 1. The van der Waals surface area contributed by atoms with E-state index in [2.05, 4.69) is 5.32 Å². The molecule has 0 saturated carbocycles. The zero-order valence-electron chi connectivity index (χ0n) is 16.5. The highest BCUT2D eigenvalue weighted by Gasteiger charge is 2.16. The molecular weight excluding hydrogens is 372 g/mol. The van der Waals surface area contributed by atoms with Crippen LogP contribution in [0, 0.1) is 6.92 Å². The van der Waals surface area contributed by atoms with Crippen molar-refractivity contribution in [1.29, 1.82) is 0 Å². The number of amides is 1. The van der Waals surface area contributed by atoms with Crippen LogP contribution in [0.3, 0.4) is 0 Å². The Morgan fingerprint density at radius 2 is 1.83 bits per heavy atom. The Labute approximate surface area is 168 Å². The summed E-state index contributed by atoms with van der Waals surface area (Å²) < 4.78 is 11.5. The summed E-state index contributed by atoms with van der Waals surface area (Å²) >= 11 is 0. The number of hydrogen-bond donors (Lipinski definition) is 1. The number of ether oxygens (including phenoxy) is 2. The molecule has 1 N–H and O–H groups in total. The molecule has 0 fully saturated rings. The van der Waals surface area contributed by atoms with Crippen LogP contribution < -0.4 is 25.2 Å². The monoisotopic (exact) mass is 394 g/mol. The molecule has 7 nitrogen and oxygen atoms in total. The number of pyridine rings is 1. The van der Waals surface area contributed by atoms with Crippen LogP contribution in [-0.4, -0.2) is 24.9 Å². The largest absolute Gasteiger partial charge is 0.497 e. The van der Waals surface area contributed by atoms with E-state index in [1.165, 1.54) is 26.5 Å². The maximum absolute atomic E-state index is 12.7. The van der Waals surface area contributed by atoms with Gasteiger partial charge in [0.05, 0.1) is 19.9 Å². The number of anilines is 1. The molecule has 0 aliphatic rings. The van der Waals surface area contributed by atoms with Crippen molar-refractivity contribution in [2.45, 2.75) is 13.5 Å². The lowest BCUT2D eigenvalue weighted by atomic mass is 10.1. The first-order chi connectivity index (χ1) is 14.0. The Hall–Kier alpha value is -3.74. The van der Waals surface area contributed by atoms with Gasteiger partial charge < -0.3 is 19.6 Å². The van der Waals surface area contributed by atoms with Crippen LogP contribution in [-0.2, 0) is 6.61 Å². The summed E-state index contributed by atoms with van der Waals surface area (Å²) in [6, 6.07) is 15.7. The first-order valence-corrected chi connectivity index (χ1v) is 8.96. The molecule has 0 radical (unpaired) electrons. The summed E-state index contributed by atoms with van der Waals surface area (Å²) in [6.45, 7) is 2.17. The fourth-order valence-corrected chi connectivity index (χ4v) is 2.76. The first-order valence-electron chi connectivity index (χ1n) is 8.96. The number of nitrogens with zero attached hydrogens (tertiary/aromatic N) is 1. The molecule has 1 aromatic heterocycles. The van der Waals surface area contributed by atoms with Crippen molar-refractivity contribution in [2.24, 2.45) is 0 Å². The van der Waals surface area contributed by atoms with Crippen LogP contribution in [0.1, 0.15) is 21.5 Å². The van der Waals surface area contributed by atoms with Crippen molar-refractivity contribution in [3.63, 3.8) is 0 Å². The van der Waals surface area contributed by atoms with E-state index >= 15 is 0 Å². The van der Waals surface area contributed by atoms with Crippen molar-refractivity contribution < 1.29 is 19.1 Å². The van der Waals surface area contributed by atoms with Crippen molar-refractivity contribution >= 4 is 11.6 Å². The fraction of sp³-hybridized carbons (Fsp3) is 0.182. The fourth-order valence-electron chi connectivity index (χ4n) is 2.76. The van der Waals surface area contributed by atoms with Crippen molar-refractivity contribution in [2.75, 3.05) is 19.5 Å². The second-order valence-corrected chi connectivity index (χ2v) is 6.27. The molecular formula is C22H22N2O5. The van der Waals surface area contributed by atoms with E-state index in [1.807, 2.05) is 31.2 Å².